The van der Waals surface area contributed by atoms with Gasteiger partial charge in [-0.05, 0) is 69.7 Å². The second-order valence-electron chi connectivity index (χ2n) is 7.61. The zero-order chi connectivity index (χ0) is 17.4. The normalized spacial score (nSPS) is 26.3. The number of aromatic nitrogens is 3. The molecule has 0 saturated carbocycles. The van der Waals surface area contributed by atoms with Crippen LogP contribution in [0.1, 0.15) is 60.3 Å². The van der Waals surface area contributed by atoms with Crippen LogP contribution in [0.5, 0.6) is 0 Å². The van der Waals surface area contributed by atoms with Crippen LogP contribution in [0.2, 0.25) is 10.6 Å². The summed E-state index contributed by atoms with van der Waals surface area (Å²) in [5.41, 5.74) is 6.19. The second kappa shape index (κ2) is 6.69. The van der Waals surface area contributed by atoms with Crippen LogP contribution in [0.15, 0.2) is 0 Å². The molecular weight excluding hydrogens is 333 g/mol. The molecule has 130 valence electrons. The standard InChI is InChI=1S/C16H27Cl2N5/c1-6-7-8-10-9-15(2,3)23(16(4,5)11(10)19)14-21-12(17)20-13(18)22-14/h10-11H,6-9,19H2,1-5H3. The molecule has 7 heteroatoms. The van der Waals surface area contributed by atoms with Crippen LogP contribution in [-0.4, -0.2) is 32.1 Å². The highest BCUT2D eigenvalue weighted by atomic mass is 35.5. The van der Waals surface area contributed by atoms with Crippen LogP contribution in [0.25, 0.3) is 0 Å². The van der Waals surface area contributed by atoms with E-state index in [2.05, 4.69) is 54.5 Å². The molecule has 2 rings (SSSR count). The minimum atomic E-state index is -0.311. The van der Waals surface area contributed by atoms with Gasteiger partial charge in [0.05, 0.1) is 5.54 Å². The van der Waals surface area contributed by atoms with Crippen LogP contribution in [0.4, 0.5) is 5.95 Å². The minimum absolute atomic E-state index is 0.0244. The molecule has 0 aromatic carbocycles. The van der Waals surface area contributed by atoms with Gasteiger partial charge < -0.3 is 10.6 Å². The van der Waals surface area contributed by atoms with Crippen molar-refractivity contribution in [3.05, 3.63) is 10.6 Å². The van der Waals surface area contributed by atoms with Gasteiger partial charge in [-0.1, -0.05) is 19.8 Å². The summed E-state index contributed by atoms with van der Waals surface area (Å²) >= 11 is 12.0. The van der Waals surface area contributed by atoms with Crippen molar-refractivity contribution in [2.24, 2.45) is 11.7 Å². The lowest BCUT2D eigenvalue weighted by molar-refractivity contribution is 0.135. The van der Waals surface area contributed by atoms with Crippen molar-refractivity contribution in [3.63, 3.8) is 0 Å². The van der Waals surface area contributed by atoms with Gasteiger partial charge in [0, 0.05) is 11.6 Å². The number of hydrogen-bond acceptors (Lipinski definition) is 5. The Kier molecular flexibility index (Phi) is 5.44. The lowest BCUT2D eigenvalue weighted by atomic mass is 9.69. The minimum Gasteiger partial charge on any atom is -0.329 e. The van der Waals surface area contributed by atoms with Gasteiger partial charge in [-0.15, -0.1) is 0 Å². The second-order valence-corrected chi connectivity index (χ2v) is 8.28. The summed E-state index contributed by atoms with van der Waals surface area (Å²) in [4.78, 5) is 14.6. The Labute approximate surface area is 149 Å². The number of nitrogens with two attached hydrogens (primary N) is 1. The first kappa shape index (κ1) is 18.7. The maximum absolute atomic E-state index is 6.64. The van der Waals surface area contributed by atoms with Gasteiger partial charge in [0.2, 0.25) is 16.5 Å². The molecule has 1 aromatic heterocycles. The Morgan fingerprint density at radius 1 is 1.13 bits per heavy atom. The van der Waals surface area contributed by atoms with Crippen LogP contribution in [-0.2, 0) is 0 Å². The number of piperidine rings is 1. The van der Waals surface area contributed by atoms with Crippen molar-refractivity contribution < 1.29 is 0 Å². The SMILES string of the molecule is CCCCC1CC(C)(C)N(c2nc(Cl)nc(Cl)n2)C(C)(C)C1N. The molecule has 0 spiro atoms. The van der Waals surface area contributed by atoms with E-state index in [9.17, 15) is 0 Å². The van der Waals surface area contributed by atoms with E-state index in [1.807, 2.05) is 0 Å². The highest BCUT2D eigenvalue weighted by Gasteiger charge is 2.51. The number of halogens is 2. The summed E-state index contributed by atoms with van der Waals surface area (Å²) in [6.45, 7) is 10.9. The Hall–Kier alpha value is -0.650. The molecule has 2 N–H and O–H groups in total. The van der Waals surface area contributed by atoms with E-state index in [1.54, 1.807) is 0 Å². The van der Waals surface area contributed by atoms with Gasteiger partial charge in [0.15, 0.2) is 0 Å². The summed E-state index contributed by atoms with van der Waals surface area (Å²) in [5, 5.41) is 0.210. The molecule has 1 aliphatic heterocycles. The lowest BCUT2D eigenvalue weighted by Gasteiger charge is -2.58. The molecular formula is C16H27Cl2N5. The number of unbranched alkanes of at least 4 members (excludes halogenated alkanes) is 1. The predicted octanol–water partition coefficient (Wildman–Crippen LogP) is 4.08. The van der Waals surface area contributed by atoms with Gasteiger partial charge in [0.25, 0.3) is 0 Å². The van der Waals surface area contributed by atoms with Crippen molar-refractivity contribution >= 4 is 29.2 Å². The third kappa shape index (κ3) is 3.72. The molecule has 0 aliphatic carbocycles. The van der Waals surface area contributed by atoms with E-state index < -0.39 is 0 Å². The first-order chi connectivity index (χ1) is 10.6. The van der Waals surface area contributed by atoms with Crippen LogP contribution in [0.3, 0.4) is 0 Å². The Balaban J connectivity index is 2.42. The predicted molar refractivity (Wildman–Crippen MR) is 96.1 cm³/mol. The molecule has 1 fully saturated rings. The molecule has 2 atom stereocenters. The largest absolute Gasteiger partial charge is 0.329 e. The van der Waals surface area contributed by atoms with E-state index in [4.69, 9.17) is 28.9 Å². The van der Waals surface area contributed by atoms with Gasteiger partial charge in [-0.25, -0.2) is 0 Å². The van der Waals surface area contributed by atoms with Gasteiger partial charge in [-0.2, -0.15) is 15.0 Å². The third-order valence-electron chi connectivity index (χ3n) is 4.96. The van der Waals surface area contributed by atoms with Gasteiger partial charge >= 0.3 is 0 Å². The van der Waals surface area contributed by atoms with Crippen LogP contribution >= 0.6 is 23.2 Å². The van der Waals surface area contributed by atoms with Gasteiger partial charge in [0.1, 0.15) is 0 Å². The highest BCUT2D eigenvalue weighted by molar-refractivity contribution is 6.31. The number of nitrogens with zero attached hydrogens (tertiary/aromatic N) is 4. The average Bonchev–Trinajstić information content (AvgIpc) is 2.39. The molecule has 5 nitrogen and oxygen atoms in total. The first-order valence-electron chi connectivity index (χ1n) is 8.22. The number of anilines is 1. The molecule has 2 unspecified atom stereocenters. The lowest BCUT2D eigenvalue weighted by Crippen LogP contribution is -2.70. The van der Waals surface area contributed by atoms with Gasteiger partial charge in [-0.3, -0.25) is 0 Å². The van der Waals surface area contributed by atoms with Crippen molar-refractivity contribution in [3.8, 4) is 0 Å². The molecule has 1 aliphatic rings. The Morgan fingerprint density at radius 2 is 1.70 bits per heavy atom. The molecule has 2 heterocycles. The van der Waals surface area contributed by atoms with Crippen LogP contribution < -0.4 is 10.6 Å². The molecule has 1 aromatic rings. The number of rotatable bonds is 4. The van der Waals surface area contributed by atoms with E-state index >= 15 is 0 Å². The Morgan fingerprint density at radius 3 is 2.22 bits per heavy atom. The third-order valence-corrected chi connectivity index (χ3v) is 5.30. The van der Waals surface area contributed by atoms with E-state index in [-0.39, 0.29) is 27.7 Å². The quantitative estimate of drug-likeness (QED) is 0.876. The summed E-state index contributed by atoms with van der Waals surface area (Å²) < 4.78 is 0. The molecule has 0 radical (unpaired) electrons. The molecule has 0 bridgehead atoms. The summed E-state index contributed by atoms with van der Waals surface area (Å²) in [6.07, 6.45) is 4.52. The molecule has 23 heavy (non-hydrogen) atoms. The fourth-order valence-corrected chi connectivity index (χ4v) is 4.41. The molecule has 0 amide bonds. The summed E-state index contributed by atoms with van der Waals surface area (Å²) in [7, 11) is 0. The van der Waals surface area contributed by atoms with Crippen molar-refractivity contribution in [2.45, 2.75) is 77.4 Å². The maximum atomic E-state index is 6.64. The summed E-state index contributed by atoms with van der Waals surface area (Å²) in [5.74, 6) is 0.971. The number of hydrogen-bond donors (Lipinski definition) is 1. The maximum Gasteiger partial charge on any atom is 0.231 e. The Bertz CT molecular complexity index is 541. The summed E-state index contributed by atoms with van der Waals surface area (Å²) in [6, 6.07) is 0.0244. The van der Waals surface area contributed by atoms with Crippen molar-refractivity contribution in [1.82, 2.24) is 15.0 Å². The fourth-order valence-electron chi connectivity index (χ4n) is 4.06. The monoisotopic (exact) mass is 359 g/mol. The average molecular weight is 360 g/mol. The molecule has 1 saturated heterocycles. The zero-order valence-corrected chi connectivity index (χ0v) is 16.1. The van der Waals surface area contributed by atoms with Crippen molar-refractivity contribution in [1.29, 1.82) is 0 Å². The van der Waals surface area contributed by atoms with Crippen molar-refractivity contribution in [2.75, 3.05) is 4.90 Å². The zero-order valence-electron chi connectivity index (χ0n) is 14.6. The van der Waals surface area contributed by atoms with Crippen LogP contribution in [0, 0.1) is 5.92 Å². The van der Waals surface area contributed by atoms with E-state index in [0.29, 0.717) is 11.9 Å². The topological polar surface area (TPSA) is 67.9 Å². The smallest absolute Gasteiger partial charge is 0.231 e. The first-order valence-corrected chi connectivity index (χ1v) is 8.98. The fraction of sp³-hybridized carbons (Fsp3) is 0.812. The van der Waals surface area contributed by atoms with E-state index in [0.717, 1.165) is 12.8 Å². The van der Waals surface area contributed by atoms with E-state index in [1.165, 1.54) is 12.8 Å². The highest BCUT2D eigenvalue weighted by Crippen LogP contribution is 2.44.